The number of carbonyl (C=O) groups is 2. The van der Waals surface area contributed by atoms with E-state index in [-0.39, 0.29) is 11.1 Å². The van der Waals surface area contributed by atoms with E-state index >= 15 is 0 Å². The van der Waals surface area contributed by atoms with Crippen LogP contribution in [-0.4, -0.2) is 28.6 Å². The predicted molar refractivity (Wildman–Crippen MR) is 92.1 cm³/mol. The summed E-state index contributed by atoms with van der Waals surface area (Å²) >= 11 is 1.30. The molecule has 2 N–H and O–H groups in total. The minimum absolute atomic E-state index is 0.0465. The van der Waals surface area contributed by atoms with Gasteiger partial charge in [0.15, 0.2) is 5.13 Å². The molecule has 7 heteroatoms. The van der Waals surface area contributed by atoms with Crippen molar-refractivity contribution >= 4 is 38.6 Å². The minimum atomic E-state index is -1.15. The molecule has 0 atom stereocenters. The third-order valence-electron chi connectivity index (χ3n) is 3.29. The van der Waals surface area contributed by atoms with E-state index in [0.29, 0.717) is 11.7 Å². The fourth-order valence-electron chi connectivity index (χ4n) is 2.25. The fourth-order valence-corrected chi connectivity index (χ4v) is 3.14. The average Bonchev–Trinajstić information content (AvgIpc) is 2.96. The Balaban J connectivity index is 1.87. The van der Waals surface area contributed by atoms with Gasteiger partial charge >= 0.3 is 5.97 Å². The molecule has 122 valence electrons. The second kappa shape index (κ2) is 6.67. The average molecular weight is 342 g/mol. The van der Waals surface area contributed by atoms with Crippen molar-refractivity contribution in [3.63, 3.8) is 0 Å². The molecule has 6 nitrogen and oxygen atoms in total. The standard InChI is InChI=1S/C17H14N2O4S/c1-2-23-10-7-8-13-14(9-10)24-17(18-13)19-15(20)11-5-3-4-6-12(11)16(21)22/h3-9H,2H2,1H3,(H,21,22)(H,18,19,20). The maximum atomic E-state index is 12.4. The van der Waals surface area contributed by atoms with Crippen molar-refractivity contribution in [2.75, 3.05) is 11.9 Å². The largest absolute Gasteiger partial charge is 0.494 e. The summed E-state index contributed by atoms with van der Waals surface area (Å²) < 4.78 is 6.32. The highest BCUT2D eigenvalue weighted by Crippen LogP contribution is 2.29. The summed E-state index contributed by atoms with van der Waals surface area (Å²) in [4.78, 5) is 27.9. The number of ether oxygens (including phenoxy) is 1. The molecule has 1 amide bonds. The Bertz CT molecular complexity index is 920. The van der Waals surface area contributed by atoms with Gasteiger partial charge in [-0.25, -0.2) is 9.78 Å². The summed E-state index contributed by atoms with van der Waals surface area (Å²) in [7, 11) is 0. The SMILES string of the molecule is CCOc1ccc2nc(NC(=O)c3ccccc3C(=O)O)sc2c1. The van der Waals surface area contributed by atoms with Crippen LogP contribution in [0.2, 0.25) is 0 Å². The Morgan fingerprint density at radius 3 is 2.67 bits per heavy atom. The molecule has 24 heavy (non-hydrogen) atoms. The summed E-state index contributed by atoms with van der Waals surface area (Å²) in [5.41, 5.74) is 0.791. The lowest BCUT2D eigenvalue weighted by atomic mass is 10.1. The monoisotopic (exact) mass is 342 g/mol. The second-order valence-corrected chi connectivity index (χ2v) is 5.92. The molecule has 2 aromatic carbocycles. The third-order valence-corrected chi connectivity index (χ3v) is 4.23. The van der Waals surface area contributed by atoms with E-state index in [1.807, 2.05) is 25.1 Å². The predicted octanol–water partition coefficient (Wildman–Crippen LogP) is 3.65. The number of carbonyl (C=O) groups excluding carboxylic acids is 1. The van der Waals surface area contributed by atoms with Gasteiger partial charge in [0, 0.05) is 0 Å². The molecular weight excluding hydrogens is 328 g/mol. The highest BCUT2D eigenvalue weighted by Gasteiger charge is 2.17. The van der Waals surface area contributed by atoms with E-state index in [1.54, 1.807) is 12.1 Å². The number of benzene rings is 2. The van der Waals surface area contributed by atoms with E-state index in [0.717, 1.165) is 16.0 Å². The highest BCUT2D eigenvalue weighted by molar-refractivity contribution is 7.22. The van der Waals surface area contributed by atoms with Crippen molar-refractivity contribution in [1.82, 2.24) is 4.98 Å². The van der Waals surface area contributed by atoms with Crippen LogP contribution < -0.4 is 10.1 Å². The molecule has 0 aliphatic carbocycles. The van der Waals surface area contributed by atoms with Crippen LogP contribution in [0.1, 0.15) is 27.6 Å². The van der Waals surface area contributed by atoms with Gasteiger partial charge in [0.1, 0.15) is 5.75 Å². The zero-order valence-corrected chi connectivity index (χ0v) is 13.6. The summed E-state index contributed by atoms with van der Waals surface area (Å²) in [6.45, 7) is 2.47. The van der Waals surface area contributed by atoms with Gasteiger partial charge in [-0.3, -0.25) is 10.1 Å². The topological polar surface area (TPSA) is 88.5 Å². The summed E-state index contributed by atoms with van der Waals surface area (Å²) in [6.07, 6.45) is 0. The molecule has 3 rings (SSSR count). The number of anilines is 1. The van der Waals surface area contributed by atoms with Gasteiger partial charge in [0.05, 0.1) is 28.0 Å². The van der Waals surface area contributed by atoms with Crippen LogP contribution in [0.5, 0.6) is 5.75 Å². The number of hydrogen-bond donors (Lipinski definition) is 2. The van der Waals surface area contributed by atoms with Crippen molar-refractivity contribution in [1.29, 1.82) is 0 Å². The fraction of sp³-hybridized carbons (Fsp3) is 0.118. The first-order chi connectivity index (χ1) is 11.6. The second-order valence-electron chi connectivity index (χ2n) is 4.89. The Labute approximate surface area is 141 Å². The van der Waals surface area contributed by atoms with Crippen molar-refractivity contribution < 1.29 is 19.4 Å². The molecule has 1 heterocycles. The lowest BCUT2D eigenvalue weighted by Crippen LogP contribution is -2.16. The van der Waals surface area contributed by atoms with Gasteiger partial charge in [-0.15, -0.1) is 0 Å². The van der Waals surface area contributed by atoms with E-state index < -0.39 is 11.9 Å². The van der Waals surface area contributed by atoms with Gasteiger partial charge in [0.2, 0.25) is 0 Å². The number of hydrogen-bond acceptors (Lipinski definition) is 5. The number of amides is 1. The highest BCUT2D eigenvalue weighted by atomic mass is 32.1. The molecule has 0 unspecified atom stereocenters. The van der Waals surface area contributed by atoms with Crippen LogP contribution in [-0.2, 0) is 0 Å². The minimum Gasteiger partial charge on any atom is -0.494 e. The van der Waals surface area contributed by atoms with Crippen LogP contribution in [0.3, 0.4) is 0 Å². The maximum absolute atomic E-state index is 12.4. The number of nitrogens with one attached hydrogen (secondary N) is 1. The molecule has 0 spiro atoms. The lowest BCUT2D eigenvalue weighted by molar-refractivity contribution is 0.0692. The first-order valence-electron chi connectivity index (χ1n) is 7.25. The number of rotatable bonds is 5. The number of nitrogens with zero attached hydrogens (tertiary/aromatic N) is 1. The van der Waals surface area contributed by atoms with Crippen LogP contribution >= 0.6 is 11.3 Å². The van der Waals surface area contributed by atoms with Gasteiger partial charge in [-0.1, -0.05) is 23.5 Å². The zero-order valence-electron chi connectivity index (χ0n) is 12.8. The van der Waals surface area contributed by atoms with Crippen LogP contribution in [0.15, 0.2) is 42.5 Å². The number of aromatic nitrogens is 1. The molecule has 0 bridgehead atoms. The van der Waals surface area contributed by atoms with E-state index in [2.05, 4.69) is 10.3 Å². The lowest BCUT2D eigenvalue weighted by Gasteiger charge is -2.04. The number of thiazole rings is 1. The van der Waals surface area contributed by atoms with Crippen molar-refractivity contribution in [3.8, 4) is 5.75 Å². The molecule has 0 saturated carbocycles. The van der Waals surface area contributed by atoms with Crippen molar-refractivity contribution in [2.45, 2.75) is 6.92 Å². The maximum Gasteiger partial charge on any atom is 0.336 e. The van der Waals surface area contributed by atoms with E-state index in [4.69, 9.17) is 9.84 Å². The van der Waals surface area contributed by atoms with Crippen LogP contribution in [0, 0.1) is 0 Å². The Morgan fingerprint density at radius 1 is 1.21 bits per heavy atom. The molecule has 3 aromatic rings. The van der Waals surface area contributed by atoms with Crippen molar-refractivity contribution in [2.24, 2.45) is 0 Å². The van der Waals surface area contributed by atoms with Gasteiger partial charge in [-0.2, -0.15) is 0 Å². The summed E-state index contributed by atoms with van der Waals surface area (Å²) in [6, 6.07) is 11.6. The molecule has 0 fully saturated rings. The molecule has 0 aliphatic rings. The number of carboxylic acid groups (broad SMARTS) is 1. The molecule has 0 aliphatic heterocycles. The van der Waals surface area contributed by atoms with Crippen LogP contribution in [0.25, 0.3) is 10.2 Å². The number of fused-ring (bicyclic) bond motifs is 1. The third kappa shape index (κ3) is 3.21. The van der Waals surface area contributed by atoms with Crippen molar-refractivity contribution in [3.05, 3.63) is 53.6 Å². The van der Waals surface area contributed by atoms with Gasteiger partial charge in [0.25, 0.3) is 5.91 Å². The Morgan fingerprint density at radius 2 is 1.96 bits per heavy atom. The molecular formula is C17H14N2O4S. The quantitative estimate of drug-likeness (QED) is 0.739. The Kier molecular flexibility index (Phi) is 4.43. The summed E-state index contributed by atoms with van der Waals surface area (Å²) in [5, 5.41) is 12.2. The van der Waals surface area contributed by atoms with E-state index in [9.17, 15) is 9.59 Å². The number of carboxylic acids is 1. The normalized spacial score (nSPS) is 10.5. The van der Waals surface area contributed by atoms with E-state index in [1.165, 1.54) is 23.5 Å². The summed E-state index contributed by atoms with van der Waals surface area (Å²) in [5.74, 6) is -0.911. The van der Waals surface area contributed by atoms with Gasteiger partial charge in [-0.05, 0) is 37.3 Å². The molecule has 1 aromatic heterocycles. The first kappa shape index (κ1) is 15.9. The molecule has 0 radical (unpaired) electrons. The zero-order chi connectivity index (χ0) is 17.1. The first-order valence-corrected chi connectivity index (χ1v) is 8.07. The van der Waals surface area contributed by atoms with Crippen LogP contribution in [0.4, 0.5) is 5.13 Å². The smallest absolute Gasteiger partial charge is 0.336 e. The Hall–Kier alpha value is -2.93. The molecule has 0 saturated heterocycles. The number of aromatic carboxylic acids is 1. The van der Waals surface area contributed by atoms with Gasteiger partial charge < -0.3 is 9.84 Å².